The summed E-state index contributed by atoms with van der Waals surface area (Å²) in [7, 11) is 1.81. The van der Waals surface area contributed by atoms with Gasteiger partial charge in [-0.25, -0.2) is 0 Å². The Kier molecular flexibility index (Phi) is 6.55. The summed E-state index contributed by atoms with van der Waals surface area (Å²) in [5.74, 6) is -0.0555. The maximum absolute atomic E-state index is 12.2. The van der Waals surface area contributed by atoms with Gasteiger partial charge in [-0.15, -0.1) is 0 Å². The fourth-order valence-electron chi connectivity index (χ4n) is 2.36. The molecule has 1 aromatic heterocycles. The molecule has 1 aromatic carbocycles. The molecule has 0 atom stereocenters. The number of allylic oxidation sites excluding steroid dienone is 3. The largest absolute Gasteiger partial charge is 0.287 e. The molecule has 0 amide bonds. The zero-order valence-corrected chi connectivity index (χ0v) is 13.9. The number of benzene rings is 1. The minimum Gasteiger partial charge on any atom is -0.287 e. The molecule has 0 aliphatic rings. The van der Waals surface area contributed by atoms with Crippen molar-refractivity contribution in [2.24, 2.45) is 7.05 Å². The van der Waals surface area contributed by atoms with E-state index in [2.05, 4.69) is 30.2 Å². The topological polar surface area (TPSA) is 34.9 Å². The summed E-state index contributed by atoms with van der Waals surface area (Å²) in [5, 5.41) is 4.14. The summed E-state index contributed by atoms with van der Waals surface area (Å²) < 4.78 is 1.64. The van der Waals surface area contributed by atoms with Crippen LogP contribution in [0, 0.1) is 0 Å². The van der Waals surface area contributed by atoms with Gasteiger partial charge >= 0.3 is 0 Å². The van der Waals surface area contributed by atoms with Gasteiger partial charge in [0.05, 0.1) is 0 Å². The molecule has 0 saturated heterocycles. The highest BCUT2D eigenvalue weighted by Crippen LogP contribution is 2.15. The lowest BCUT2D eigenvalue weighted by atomic mass is 10.0. The molecule has 0 spiro atoms. The maximum atomic E-state index is 12.2. The zero-order chi connectivity index (χ0) is 16.5. The van der Waals surface area contributed by atoms with Crippen LogP contribution in [-0.2, 0) is 7.05 Å². The summed E-state index contributed by atoms with van der Waals surface area (Å²) in [6, 6.07) is 12.0. The van der Waals surface area contributed by atoms with E-state index in [1.807, 2.05) is 31.3 Å². The minimum atomic E-state index is -0.0555. The molecule has 0 saturated carbocycles. The number of rotatable bonds is 8. The van der Waals surface area contributed by atoms with Crippen LogP contribution in [0.4, 0.5) is 0 Å². The number of unbranched alkanes of at least 4 members (excludes halogenated alkanes) is 2. The van der Waals surface area contributed by atoms with E-state index in [1.54, 1.807) is 23.0 Å². The van der Waals surface area contributed by atoms with Gasteiger partial charge in [0.2, 0.25) is 5.78 Å². The van der Waals surface area contributed by atoms with Gasteiger partial charge in [0, 0.05) is 13.2 Å². The normalized spacial score (nSPS) is 12.0. The van der Waals surface area contributed by atoms with Gasteiger partial charge in [-0.3, -0.25) is 9.48 Å². The van der Waals surface area contributed by atoms with E-state index in [-0.39, 0.29) is 5.78 Å². The first-order valence-corrected chi connectivity index (χ1v) is 8.16. The number of carbonyl (C=O) groups is 1. The van der Waals surface area contributed by atoms with Crippen molar-refractivity contribution in [3.63, 3.8) is 0 Å². The lowest BCUT2D eigenvalue weighted by Crippen LogP contribution is -1.98. The summed E-state index contributed by atoms with van der Waals surface area (Å²) in [4.78, 5) is 12.2. The van der Waals surface area contributed by atoms with E-state index < -0.39 is 0 Å². The summed E-state index contributed by atoms with van der Waals surface area (Å²) in [6.45, 7) is 2.20. The standard InChI is InChI=1S/C20H24N2O/c1-3-4-6-9-18(16-17-10-7-5-8-11-17)12-13-20(23)19-14-15-22(2)21-19/h5,7-8,10-16H,3-4,6,9H2,1-2H3/b13-12+,18-16-. The summed E-state index contributed by atoms with van der Waals surface area (Å²) >= 11 is 0. The van der Waals surface area contributed by atoms with Gasteiger partial charge < -0.3 is 0 Å². The van der Waals surface area contributed by atoms with Gasteiger partial charge in [0.25, 0.3) is 0 Å². The van der Waals surface area contributed by atoms with Crippen LogP contribution in [0.15, 0.2) is 60.3 Å². The second-order valence-electron chi connectivity index (χ2n) is 5.66. The van der Waals surface area contributed by atoms with E-state index in [1.165, 1.54) is 18.4 Å². The van der Waals surface area contributed by atoms with E-state index >= 15 is 0 Å². The van der Waals surface area contributed by atoms with Crippen LogP contribution in [0.2, 0.25) is 0 Å². The van der Waals surface area contributed by atoms with Gasteiger partial charge in [0.1, 0.15) is 5.69 Å². The van der Waals surface area contributed by atoms with Crippen molar-refractivity contribution in [2.75, 3.05) is 0 Å². The molecule has 3 nitrogen and oxygen atoms in total. The van der Waals surface area contributed by atoms with Crippen molar-refractivity contribution >= 4 is 11.9 Å². The first-order valence-electron chi connectivity index (χ1n) is 8.16. The van der Waals surface area contributed by atoms with Crippen molar-refractivity contribution in [2.45, 2.75) is 32.6 Å². The number of nitrogens with zero attached hydrogens (tertiary/aromatic N) is 2. The van der Waals surface area contributed by atoms with Crippen LogP contribution in [0.3, 0.4) is 0 Å². The lowest BCUT2D eigenvalue weighted by Gasteiger charge is -2.03. The quantitative estimate of drug-likeness (QED) is 0.303. The summed E-state index contributed by atoms with van der Waals surface area (Å²) in [6.07, 6.45) is 12.0. The molecule has 2 rings (SSSR count). The number of carbonyl (C=O) groups excluding carboxylic acids is 1. The van der Waals surface area contributed by atoms with Gasteiger partial charge in [-0.2, -0.15) is 5.10 Å². The Morgan fingerprint density at radius 1 is 1.13 bits per heavy atom. The zero-order valence-electron chi connectivity index (χ0n) is 13.9. The van der Waals surface area contributed by atoms with Crippen LogP contribution in [0.1, 0.15) is 48.7 Å². The predicted octanol–water partition coefficient (Wildman–Crippen LogP) is 4.82. The van der Waals surface area contributed by atoms with E-state index in [4.69, 9.17) is 0 Å². The number of hydrogen-bond acceptors (Lipinski definition) is 2. The Balaban J connectivity index is 2.11. The number of aryl methyl sites for hydroxylation is 1. The second kappa shape index (κ2) is 8.89. The minimum absolute atomic E-state index is 0.0555. The van der Waals surface area contributed by atoms with Crippen molar-refractivity contribution < 1.29 is 4.79 Å². The Hall–Kier alpha value is -2.42. The number of hydrogen-bond donors (Lipinski definition) is 0. The third-order valence-corrected chi connectivity index (χ3v) is 3.64. The van der Waals surface area contributed by atoms with E-state index in [0.717, 1.165) is 18.4 Å². The SMILES string of the molecule is CCCCCC(=C/c1ccccc1)/C=C/C(=O)c1ccn(C)n1. The predicted molar refractivity (Wildman–Crippen MR) is 95.2 cm³/mol. The molecule has 120 valence electrons. The number of ketones is 1. The van der Waals surface area contributed by atoms with Gasteiger partial charge in [-0.1, -0.05) is 62.2 Å². The molecule has 0 aliphatic heterocycles. The molecule has 0 bridgehead atoms. The molecule has 1 heterocycles. The fourth-order valence-corrected chi connectivity index (χ4v) is 2.36. The van der Waals surface area contributed by atoms with Crippen LogP contribution in [0.25, 0.3) is 6.08 Å². The lowest BCUT2D eigenvalue weighted by molar-refractivity contribution is 0.104. The van der Waals surface area contributed by atoms with Crippen molar-refractivity contribution in [1.82, 2.24) is 9.78 Å². The average molecular weight is 308 g/mol. The van der Waals surface area contributed by atoms with Crippen molar-refractivity contribution in [3.05, 3.63) is 71.6 Å². The second-order valence-corrected chi connectivity index (χ2v) is 5.66. The maximum Gasteiger partial charge on any atom is 0.206 e. The van der Waals surface area contributed by atoms with E-state index in [0.29, 0.717) is 5.69 Å². The first kappa shape index (κ1) is 16.9. The molecular weight excluding hydrogens is 284 g/mol. The Bertz CT molecular complexity index is 681. The summed E-state index contributed by atoms with van der Waals surface area (Å²) in [5.41, 5.74) is 2.82. The Morgan fingerprint density at radius 2 is 1.91 bits per heavy atom. The third-order valence-electron chi connectivity index (χ3n) is 3.64. The molecule has 0 N–H and O–H groups in total. The molecular formula is C20H24N2O. The molecule has 0 unspecified atom stereocenters. The van der Waals surface area contributed by atoms with Crippen molar-refractivity contribution in [1.29, 1.82) is 0 Å². The highest BCUT2D eigenvalue weighted by atomic mass is 16.1. The average Bonchev–Trinajstić information content (AvgIpc) is 3.00. The molecule has 3 heteroatoms. The number of aromatic nitrogens is 2. The van der Waals surface area contributed by atoms with Crippen molar-refractivity contribution in [3.8, 4) is 0 Å². The molecule has 0 radical (unpaired) electrons. The van der Waals surface area contributed by atoms with Crippen LogP contribution in [-0.4, -0.2) is 15.6 Å². The molecule has 2 aromatic rings. The van der Waals surface area contributed by atoms with E-state index in [9.17, 15) is 4.79 Å². The monoisotopic (exact) mass is 308 g/mol. The Morgan fingerprint density at radius 3 is 2.57 bits per heavy atom. The first-order chi connectivity index (χ1) is 11.2. The smallest absolute Gasteiger partial charge is 0.206 e. The fraction of sp³-hybridized carbons (Fsp3) is 0.300. The molecule has 0 aliphatic carbocycles. The van der Waals surface area contributed by atoms with Gasteiger partial charge in [0.15, 0.2) is 0 Å². The van der Waals surface area contributed by atoms with Crippen LogP contribution >= 0.6 is 0 Å². The molecule has 0 fully saturated rings. The van der Waals surface area contributed by atoms with Gasteiger partial charge in [-0.05, 0) is 36.1 Å². The highest BCUT2D eigenvalue weighted by Gasteiger charge is 2.05. The third kappa shape index (κ3) is 5.70. The Labute approximate surface area is 138 Å². The molecule has 23 heavy (non-hydrogen) atoms. The van der Waals surface area contributed by atoms with Crippen LogP contribution < -0.4 is 0 Å². The highest BCUT2D eigenvalue weighted by molar-refractivity contribution is 6.03. The van der Waals surface area contributed by atoms with Crippen LogP contribution in [0.5, 0.6) is 0 Å².